The Bertz CT molecular complexity index is 537. The Hall–Kier alpha value is -2.45. The third-order valence-corrected chi connectivity index (χ3v) is 3.00. The summed E-state index contributed by atoms with van der Waals surface area (Å²) < 4.78 is 1.44. The molecule has 1 saturated heterocycles. The van der Waals surface area contributed by atoms with Gasteiger partial charge in [0.2, 0.25) is 5.91 Å². The number of aromatic carboxylic acids is 1. The van der Waals surface area contributed by atoms with E-state index < -0.39 is 12.0 Å². The van der Waals surface area contributed by atoms with E-state index in [9.17, 15) is 14.4 Å². The van der Waals surface area contributed by atoms with Crippen LogP contribution in [0, 0.1) is 0 Å². The summed E-state index contributed by atoms with van der Waals surface area (Å²) in [6.45, 7) is 2.29. The van der Waals surface area contributed by atoms with Gasteiger partial charge in [0.1, 0.15) is 0 Å². The first-order valence-corrected chi connectivity index (χ1v) is 6.28. The van der Waals surface area contributed by atoms with Gasteiger partial charge in [-0.2, -0.15) is 0 Å². The molecule has 108 valence electrons. The maximum absolute atomic E-state index is 11.4. The fourth-order valence-electron chi connectivity index (χ4n) is 2.04. The topological polar surface area (TPSA) is 117 Å². The van der Waals surface area contributed by atoms with Crippen molar-refractivity contribution in [1.29, 1.82) is 0 Å². The first-order chi connectivity index (χ1) is 9.54. The van der Waals surface area contributed by atoms with E-state index in [-0.39, 0.29) is 31.2 Å². The summed E-state index contributed by atoms with van der Waals surface area (Å²) in [6.07, 6.45) is 1.27. The molecule has 0 aliphatic carbocycles. The van der Waals surface area contributed by atoms with E-state index in [1.54, 1.807) is 0 Å². The second-order valence-electron chi connectivity index (χ2n) is 4.37. The van der Waals surface area contributed by atoms with Crippen molar-refractivity contribution in [2.45, 2.75) is 26.3 Å². The van der Waals surface area contributed by atoms with Crippen LogP contribution in [0.5, 0.6) is 0 Å². The minimum atomic E-state index is -1.13. The summed E-state index contributed by atoms with van der Waals surface area (Å²) >= 11 is 0. The molecule has 2 rings (SSSR count). The molecule has 0 unspecified atom stereocenters. The fourth-order valence-corrected chi connectivity index (χ4v) is 2.04. The van der Waals surface area contributed by atoms with Gasteiger partial charge in [-0.05, 0) is 6.42 Å². The van der Waals surface area contributed by atoms with E-state index in [4.69, 9.17) is 5.11 Å². The molecule has 0 aromatic carbocycles. The van der Waals surface area contributed by atoms with Crippen LogP contribution in [0.1, 0.15) is 29.5 Å². The highest BCUT2D eigenvalue weighted by Gasteiger charge is 2.28. The molecular weight excluding hydrogens is 266 g/mol. The van der Waals surface area contributed by atoms with Crippen molar-refractivity contribution in [3.05, 3.63) is 11.4 Å². The van der Waals surface area contributed by atoms with E-state index in [0.29, 0.717) is 12.1 Å². The number of carboxylic acid groups (broad SMARTS) is 1. The van der Waals surface area contributed by atoms with Crippen LogP contribution in [0.2, 0.25) is 0 Å². The highest BCUT2D eigenvalue weighted by molar-refractivity contribution is 6.01. The van der Waals surface area contributed by atoms with Crippen LogP contribution >= 0.6 is 0 Å². The van der Waals surface area contributed by atoms with Crippen LogP contribution < -0.4 is 5.32 Å². The quantitative estimate of drug-likeness (QED) is 0.677. The van der Waals surface area contributed by atoms with Crippen LogP contribution in [0.15, 0.2) is 0 Å². The zero-order valence-corrected chi connectivity index (χ0v) is 11.0. The Morgan fingerprint density at radius 3 is 2.70 bits per heavy atom. The zero-order chi connectivity index (χ0) is 14.7. The molecule has 0 radical (unpaired) electrons. The number of hydrogen-bond acceptors (Lipinski definition) is 5. The molecular formula is C11H15N5O4. The van der Waals surface area contributed by atoms with Gasteiger partial charge in [0, 0.05) is 0 Å². The van der Waals surface area contributed by atoms with Crippen LogP contribution in [0.3, 0.4) is 0 Å². The first-order valence-electron chi connectivity index (χ1n) is 6.28. The fraction of sp³-hybridized carbons (Fsp3) is 0.545. The van der Waals surface area contributed by atoms with Crippen molar-refractivity contribution >= 4 is 17.9 Å². The number of imide groups is 1. The maximum atomic E-state index is 11.4. The number of hydrogen-bond donors (Lipinski definition) is 2. The summed E-state index contributed by atoms with van der Waals surface area (Å²) in [5.41, 5.74) is 0.427. The number of rotatable bonds is 6. The number of nitrogens with zero attached hydrogens (tertiary/aromatic N) is 4. The van der Waals surface area contributed by atoms with E-state index in [1.165, 1.54) is 4.68 Å². The number of carboxylic acids is 1. The minimum Gasteiger partial charge on any atom is -0.476 e. The summed E-state index contributed by atoms with van der Waals surface area (Å²) in [5.74, 6) is -1.43. The Balaban J connectivity index is 2.11. The van der Waals surface area contributed by atoms with Gasteiger partial charge >= 0.3 is 12.0 Å². The molecule has 9 heteroatoms. The Kier molecular flexibility index (Phi) is 3.97. The van der Waals surface area contributed by atoms with Crippen LogP contribution in [0.4, 0.5) is 4.79 Å². The average molecular weight is 281 g/mol. The molecule has 0 bridgehead atoms. The van der Waals surface area contributed by atoms with Gasteiger partial charge in [-0.15, -0.1) is 5.10 Å². The number of nitrogens with one attached hydrogen (secondary N) is 1. The normalized spacial score (nSPS) is 14.8. The zero-order valence-electron chi connectivity index (χ0n) is 11.0. The van der Waals surface area contributed by atoms with Gasteiger partial charge in [-0.1, -0.05) is 18.6 Å². The van der Waals surface area contributed by atoms with Crippen molar-refractivity contribution in [2.24, 2.45) is 0 Å². The third kappa shape index (κ3) is 2.60. The SMILES string of the molecule is CCCc1c(C(=O)O)nnn1CCN1C(=O)CNC1=O. The number of carbonyl (C=O) groups excluding carboxylic acids is 2. The molecule has 1 fully saturated rings. The van der Waals surface area contributed by atoms with Gasteiger partial charge in [-0.25, -0.2) is 14.3 Å². The summed E-state index contributed by atoms with van der Waals surface area (Å²) in [7, 11) is 0. The largest absolute Gasteiger partial charge is 0.476 e. The number of urea groups is 1. The molecule has 2 N–H and O–H groups in total. The minimum absolute atomic E-state index is 0.00160. The van der Waals surface area contributed by atoms with Gasteiger partial charge in [-0.3, -0.25) is 9.69 Å². The molecule has 1 aromatic heterocycles. The number of amides is 3. The lowest BCUT2D eigenvalue weighted by Crippen LogP contribution is -2.34. The van der Waals surface area contributed by atoms with Crippen molar-refractivity contribution in [1.82, 2.24) is 25.2 Å². The van der Waals surface area contributed by atoms with Crippen LogP contribution in [0.25, 0.3) is 0 Å². The summed E-state index contributed by atoms with van der Waals surface area (Å²) in [4.78, 5) is 34.9. The van der Waals surface area contributed by atoms with Crippen molar-refractivity contribution in [3.8, 4) is 0 Å². The molecule has 3 amide bonds. The smallest absolute Gasteiger partial charge is 0.358 e. The first kappa shape index (κ1) is 14.0. The lowest BCUT2D eigenvalue weighted by atomic mass is 10.2. The highest BCUT2D eigenvalue weighted by atomic mass is 16.4. The standard InChI is InChI=1S/C11H15N5O4/c1-2-3-7-9(10(18)19)13-14-16(7)5-4-15-8(17)6-12-11(15)20/h2-6H2,1H3,(H,12,20)(H,18,19). The van der Waals surface area contributed by atoms with Crippen molar-refractivity contribution in [3.63, 3.8) is 0 Å². The van der Waals surface area contributed by atoms with E-state index >= 15 is 0 Å². The van der Waals surface area contributed by atoms with Gasteiger partial charge in [0.25, 0.3) is 0 Å². The monoisotopic (exact) mass is 281 g/mol. The molecule has 0 atom stereocenters. The Morgan fingerprint density at radius 1 is 1.40 bits per heavy atom. The highest BCUT2D eigenvalue weighted by Crippen LogP contribution is 2.09. The van der Waals surface area contributed by atoms with Crippen molar-refractivity contribution in [2.75, 3.05) is 13.1 Å². The maximum Gasteiger partial charge on any atom is 0.358 e. The molecule has 1 aliphatic heterocycles. The number of carbonyl (C=O) groups is 3. The van der Waals surface area contributed by atoms with E-state index in [2.05, 4.69) is 15.6 Å². The molecule has 0 spiro atoms. The van der Waals surface area contributed by atoms with Crippen LogP contribution in [-0.4, -0.2) is 56.0 Å². The second-order valence-corrected chi connectivity index (χ2v) is 4.37. The Morgan fingerprint density at radius 2 is 2.15 bits per heavy atom. The molecule has 2 heterocycles. The molecule has 1 aromatic rings. The summed E-state index contributed by atoms with van der Waals surface area (Å²) in [5, 5.41) is 18.9. The molecule has 0 saturated carbocycles. The lowest BCUT2D eigenvalue weighted by Gasteiger charge is -2.13. The molecule has 9 nitrogen and oxygen atoms in total. The second kappa shape index (κ2) is 5.68. The van der Waals surface area contributed by atoms with Crippen molar-refractivity contribution < 1.29 is 19.5 Å². The number of aromatic nitrogens is 3. The van der Waals surface area contributed by atoms with Gasteiger partial charge in [0.15, 0.2) is 5.69 Å². The molecule has 20 heavy (non-hydrogen) atoms. The molecule has 1 aliphatic rings. The summed E-state index contributed by atoms with van der Waals surface area (Å²) in [6, 6.07) is -0.439. The Labute approximate surface area is 114 Å². The third-order valence-electron chi connectivity index (χ3n) is 3.00. The van der Waals surface area contributed by atoms with Gasteiger partial charge < -0.3 is 10.4 Å². The predicted molar refractivity (Wildman–Crippen MR) is 66.1 cm³/mol. The van der Waals surface area contributed by atoms with Gasteiger partial charge in [0.05, 0.1) is 25.3 Å². The van der Waals surface area contributed by atoms with E-state index in [1.807, 2.05) is 6.92 Å². The van der Waals surface area contributed by atoms with E-state index in [0.717, 1.165) is 11.3 Å². The average Bonchev–Trinajstić information content (AvgIpc) is 2.93. The predicted octanol–water partition coefficient (Wildman–Crippen LogP) is -0.519. The van der Waals surface area contributed by atoms with Crippen LogP contribution in [-0.2, 0) is 17.8 Å². The lowest BCUT2D eigenvalue weighted by molar-refractivity contribution is -0.125.